The molecule has 0 rings (SSSR count). The number of nitrogens with one attached hydrogen (secondary N) is 1. The molecule has 0 aromatic rings. The fourth-order valence-electron chi connectivity index (χ4n) is 1.05. The summed E-state index contributed by atoms with van der Waals surface area (Å²) in [6.45, 7) is 9.36. The van der Waals surface area contributed by atoms with Gasteiger partial charge in [-0.2, -0.15) is 5.48 Å². The van der Waals surface area contributed by atoms with Gasteiger partial charge in [0.2, 0.25) is 0 Å². The zero-order valence-electron chi connectivity index (χ0n) is 9.63. The van der Waals surface area contributed by atoms with Crippen LogP contribution < -0.4 is 5.48 Å². The Hall–Kier alpha value is -0.610. The second-order valence-corrected chi connectivity index (χ2v) is 4.84. The number of hydrogen-bond donors (Lipinski definition) is 2. The van der Waals surface area contributed by atoms with Gasteiger partial charge in [-0.1, -0.05) is 13.8 Å². The van der Waals surface area contributed by atoms with E-state index >= 15 is 0 Å². The molecule has 0 aromatic carbocycles. The third-order valence-corrected chi connectivity index (χ3v) is 1.55. The zero-order chi connectivity index (χ0) is 11.4. The van der Waals surface area contributed by atoms with Gasteiger partial charge in [0, 0.05) is 0 Å². The fraction of sp³-hybridized carbons (Fsp3) is 0.900. The van der Waals surface area contributed by atoms with Gasteiger partial charge in [-0.05, 0) is 33.1 Å². The van der Waals surface area contributed by atoms with Crippen LogP contribution in [0.1, 0.15) is 41.0 Å². The molecular formula is C10H21NO3. The highest BCUT2D eigenvalue weighted by molar-refractivity contribution is 5.75. The van der Waals surface area contributed by atoms with Gasteiger partial charge >= 0.3 is 5.97 Å². The molecule has 0 saturated carbocycles. The standard InChI is InChI=1S/C10H21NO3/c1-7(2)6-8(11-13)9(12)14-10(3,4)5/h7-8,11,13H,6H2,1-5H3/t8-/m0/s1. The fourth-order valence-corrected chi connectivity index (χ4v) is 1.05. The summed E-state index contributed by atoms with van der Waals surface area (Å²) in [4.78, 5) is 11.5. The lowest BCUT2D eigenvalue weighted by molar-refractivity contribution is -0.161. The van der Waals surface area contributed by atoms with Crippen LogP contribution in [0.2, 0.25) is 0 Å². The minimum absolute atomic E-state index is 0.326. The molecule has 2 N–H and O–H groups in total. The summed E-state index contributed by atoms with van der Waals surface area (Å²) in [6.07, 6.45) is 0.561. The van der Waals surface area contributed by atoms with E-state index in [1.807, 2.05) is 19.3 Å². The number of carbonyl (C=O) groups is 1. The van der Waals surface area contributed by atoms with Crippen molar-refractivity contribution in [1.29, 1.82) is 0 Å². The first-order valence-electron chi connectivity index (χ1n) is 4.88. The van der Waals surface area contributed by atoms with Gasteiger partial charge in [0.1, 0.15) is 11.6 Å². The van der Waals surface area contributed by atoms with Crippen LogP contribution in [0.4, 0.5) is 0 Å². The number of ether oxygens (including phenoxy) is 1. The van der Waals surface area contributed by atoms with E-state index in [2.05, 4.69) is 0 Å². The Bertz CT molecular complexity index is 184. The summed E-state index contributed by atoms with van der Waals surface area (Å²) in [7, 11) is 0. The number of rotatable bonds is 4. The van der Waals surface area contributed by atoms with Crippen LogP contribution in [0.25, 0.3) is 0 Å². The predicted octanol–water partition coefficient (Wildman–Crippen LogP) is 1.72. The average molecular weight is 203 g/mol. The Morgan fingerprint density at radius 2 is 1.93 bits per heavy atom. The van der Waals surface area contributed by atoms with Crippen molar-refractivity contribution in [2.24, 2.45) is 5.92 Å². The molecule has 0 aliphatic rings. The summed E-state index contributed by atoms with van der Waals surface area (Å²) in [6, 6.07) is -0.630. The SMILES string of the molecule is CC(C)C[C@H](NO)C(=O)OC(C)(C)C. The van der Waals surface area contributed by atoms with Crippen LogP contribution >= 0.6 is 0 Å². The Morgan fingerprint density at radius 3 is 2.21 bits per heavy atom. The third-order valence-electron chi connectivity index (χ3n) is 1.55. The van der Waals surface area contributed by atoms with Gasteiger partial charge in [-0.25, -0.2) is 0 Å². The maximum atomic E-state index is 11.5. The van der Waals surface area contributed by atoms with Crippen LogP contribution in [0.3, 0.4) is 0 Å². The van der Waals surface area contributed by atoms with Crippen molar-refractivity contribution in [2.75, 3.05) is 0 Å². The minimum atomic E-state index is -0.630. The van der Waals surface area contributed by atoms with Crippen molar-refractivity contribution in [3.8, 4) is 0 Å². The summed E-state index contributed by atoms with van der Waals surface area (Å²) in [5.74, 6) is -0.0825. The van der Waals surface area contributed by atoms with E-state index < -0.39 is 17.6 Å². The van der Waals surface area contributed by atoms with Crippen LogP contribution in [-0.2, 0) is 9.53 Å². The summed E-state index contributed by atoms with van der Waals surface area (Å²) in [5, 5.41) is 8.79. The van der Waals surface area contributed by atoms with E-state index in [4.69, 9.17) is 9.94 Å². The van der Waals surface area contributed by atoms with Crippen molar-refractivity contribution < 1.29 is 14.7 Å². The molecule has 4 heteroatoms. The van der Waals surface area contributed by atoms with Gasteiger partial charge in [-0.15, -0.1) is 0 Å². The molecular weight excluding hydrogens is 182 g/mol. The zero-order valence-corrected chi connectivity index (χ0v) is 9.63. The third kappa shape index (κ3) is 5.94. The van der Waals surface area contributed by atoms with Gasteiger partial charge in [-0.3, -0.25) is 4.79 Å². The first-order valence-corrected chi connectivity index (χ1v) is 4.88. The van der Waals surface area contributed by atoms with Crippen LogP contribution in [0.5, 0.6) is 0 Å². The Morgan fingerprint density at radius 1 is 1.43 bits per heavy atom. The van der Waals surface area contributed by atoms with Gasteiger partial charge in [0.15, 0.2) is 0 Å². The lowest BCUT2D eigenvalue weighted by atomic mass is 10.0. The van der Waals surface area contributed by atoms with Crippen molar-refractivity contribution in [3.63, 3.8) is 0 Å². The molecule has 0 fully saturated rings. The monoisotopic (exact) mass is 203 g/mol. The molecule has 0 unspecified atom stereocenters. The van der Waals surface area contributed by atoms with E-state index in [0.29, 0.717) is 12.3 Å². The van der Waals surface area contributed by atoms with E-state index in [1.54, 1.807) is 20.8 Å². The molecule has 0 saturated heterocycles. The Labute approximate surface area is 85.6 Å². The summed E-state index contributed by atoms with van der Waals surface area (Å²) >= 11 is 0. The van der Waals surface area contributed by atoms with Crippen molar-refractivity contribution in [1.82, 2.24) is 5.48 Å². The van der Waals surface area contributed by atoms with Crippen LogP contribution in [-0.4, -0.2) is 22.8 Å². The lowest BCUT2D eigenvalue weighted by Crippen LogP contribution is -2.40. The molecule has 0 heterocycles. The largest absolute Gasteiger partial charge is 0.459 e. The van der Waals surface area contributed by atoms with Gasteiger partial charge in [0.25, 0.3) is 0 Å². The molecule has 4 nitrogen and oxygen atoms in total. The van der Waals surface area contributed by atoms with Gasteiger partial charge in [0.05, 0.1) is 0 Å². The van der Waals surface area contributed by atoms with E-state index in [9.17, 15) is 4.79 Å². The topological polar surface area (TPSA) is 58.6 Å². The molecule has 14 heavy (non-hydrogen) atoms. The van der Waals surface area contributed by atoms with Crippen LogP contribution in [0, 0.1) is 5.92 Å². The molecule has 0 aliphatic carbocycles. The van der Waals surface area contributed by atoms with Crippen molar-refractivity contribution in [3.05, 3.63) is 0 Å². The Kier molecular flexibility index (Phi) is 5.08. The first-order chi connectivity index (χ1) is 6.26. The number of hydrogen-bond acceptors (Lipinski definition) is 4. The second kappa shape index (κ2) is 5.32. The van der Waals surface area contributed by atoms with Crippen LogP contribution in [0.15, 0.2) is 0 Å². The smallest absolute Gasteiger partial charge is 0.325 e. The van der Waals surface area contributed by atoms with Gasteiger partial charge < -0.3 is 9.94 Å². The molecule has 0 aromatic heterocycles. The molecule has 0 aliphatic heterocycles. The highest BCUT2D eigenvalue weighted by atomic mass is 16.6. The maximum Gasteiger partial charge on any atom is 0.325 e. The number of hydroxylamine groups is 1. The minimum Gasteiger partial charge on any atom is -0.459 e. The number of esters is 1. The van der Waals surface area contributed by atoms with E-state index in [0.717, 1.165) is 0 Å². The highest BCUT2D eigenvalue weighted by Crippen LogP contribution is 2.12. The first kappa shape index (κ1) is 13.4. The molecule has 0 spiro atoms. The molecule has 0 bridgehead atoms. The molecule has 0 radical (unpaired) electrons. The molecule has 1 atom stereocenters. The van der Waals surface area contributed by atoms with E-state index in [1.165, 1.54) is 0 Å². The second-order valence-electron chi connectivity index (χ2n) is 4.84. The highest BCUT2D eigenvalue weighted by Gasteiger charge is 2.25. The van der Waals surface area contributed by atoms with E-state index in [-0.39, 0.29) is 0 Å². The molecule has 0 amide bonds. The quantitative estimate of drug-likeness (QED) is 0.539. The maximum absolute atomic E-state index is 11.5. The van der Waals surface area contributed by atoms with Crippen molar-refractivity contribution in [2.45, 2.75) is 52.7 Å². The number of carbonyl (C=O) groups excluding carboxylic acids is 1. The Balaban J connectivity index is 4.18. The normalized spacial score (nSPS) is 14.2. The predicted molar refractivity (Wildman–Crippen MR) is 54.0 cm³/mol. The molecule has 84 valence electrons. The summed E-state index contributed by atoms with van der Waals surface area (Å²) < 4.78 is 5.13. The lowest BCUT2D eigenvalue weighted by Gasteiger charge is -2.23. The van der Waals surface area contributed by atoms with Crippen molar-refractivity contribution >= 4 is 5.97 Å². The summed E-state index contributed by atoms with van der Waals surface area (Å²) in [5.41, 5.74) is 1.47. The average Bonchev–Trinajstić information content (AvgIpc) is 1.96.